The summed E-state index contributed by atoms with van der Waals surface area (Å²) in [7, 11) is 0. The number of hydrogen-bond donors (Lipinski definition) is 4. The molecule has 4 amide bonds. The van der Waals surface area contributed by atoms with Gasteiger partial charge in [-0.1, -0.05) is 0 Å². The van der Waals surface area contributed by atoms with Crippen molar-refractivity contribution in [2.45, 2.75) is 78.4 Å². The molecule has 2 aromatic rings. The van der Waals surface area contributed by atoms with E-state index >= 15 is 0 Å². The van der Waals surface area contributed by atoms with Gasteiger partial charge in [0.1, 0.15) is 22.8 Å². The number of amides is 4. The largest absolute Gasteiger partial charge is 0.444 e. The molecule has 1 aliphatic carbocycles. The van der Waals surface area contributed by atoms with Gasteiger partial charge in [-0.3, -0.25) is 20.2 Å². The Morgan fingerprint density at radius 1 is 0.619 bits per heavy atom. The molecule has 0 heterocycles. The van der Waals surface area contributed by atoms with E-state index in [4.69, 9.17) is 9.47 Å². The molecule has 0 aliphatic heterocycles. The second kappa shape index (κ2) is 13.2. The maximum absolute atomic E-state index is 14.5. The van der Waals surface area contributed by atoms with Crippen molar-refractivity contribution in [1.82, 2.24) is 0 Å². The van der Waals surface area contributed by atoms with Crippen molar-refractivity contribution >= 4 is 46.8 Å². The van der Waals surface area contributed by atoms with Gasteiger partial charge in [-0.15, -0.1) is 0 Å². The second-order valence-corrected chi connectivity index (χ2v) is 12.2. The molecule has 10 nitrogen and oxygen atoms in total. The molecule has 12 heteroatoms. The lowest BCUT2D eigenvalue weighted by Crippen LogP contribution is -2.32. The molecule has 0 unspecified atom stereocenters. The number of ether oxygens (including phenoxy) is 2. The number of carbonyl (C=O) groups is 4. The Labute approximate surface area is 243 Å². The number of benzene rings is 2. The Morgan fingerprint density at radius 3 is 1.24 bits per heavy atom. The zero-order valence-corrected chi connectivity index (χ0v) is 24.7. The van der Waals surface area contributed by atoms with E-state index < -0.39 is 35.0 Å². The van der Waals surface area contributed by atoms with Crippen LogP contribution in [0.2, 0.25) is 0 Å². The van der Waals surface area contributed by atoms with Crippen LogP contribution in [0.15, 0.2) is 36.4 Å². The van der Waals surface area contributed by atoms with Gasteiger partial charge in [0.15, 0.2) is 0 Å². The molecule has 3 rings (SSSR count). The van der Waals surface area contributed by atoms with Crippen LogP contribution in [0, 0.1) is 23.5 Å². The van der Waals surface area contributed by atoms with Crippen LogP contribution in [0.5, 0.6) is 0 Å². The smallest absolute Gasteiger partial charge is 0.412 e. The van der Waals surface area contributed by atoms with Gasteiger partial charge >= 0.3 is 12.2 Å². The minimum Gasteiger partial charge on any atom is -0.444 e. The van der Waals surface area contributed by atoms with Crippen molar-refractivity contribution in [3.63, 3.8) is 0 Å². The Kier molecular flexibility index (Phi) is 10.1. The molecule has 2 aromatic carbocycles. The van der Waals surface area contributed by atoms with Crippen molar-refractivity contribution in [2.75, 3.05) is 21.3 Å². The summed E-state index contributed by atoms with van der Waals surface area (Å²) in [6.07, 6.45) is 0.179. The zero-order chi connectivity index (χ0) is 31.2. The number of rotatable bonds is 6. The summed E-state index contributed by atoms with van der Waals surface area (Å²) in [5.41, 5.74) is -1.16. The Bertz CT molecular complexity index is 1230. The first-order chi connectivity index (χ1) is 19.5. The lowest BCUT2D eigenvalue weighted by atomic mass is 9.81. The first kappa shape index (κ1) is 32.3. The van der Waals surface area contributed by atoms with E-state index in [-0.39, 0.29) is 46.4 Å². The number of anilines is 4. The molecule has 0 radical (unpaired) electrons. The fourth-order valence-electron chi connectivity index (χ4n) is 4.32. The second-order valence-electron chi connectivity index (χ2n) is 12.2. The van der Waals surface area contributed by atoms with Gasteiger partial charge in [0.25, 0.3) is 0 Å². The highest BCUT2D eigenvalue weighted by atomic mass is 19.1. The van der Waals surface area contributed by atoms with E-state index in [1.807, 2.05) is 0 Å². The molecule has 1 fully saturated rings. The van der Waals surface area contributed by atoms with E-state index in [2.05, 4.69) is 21.3 Å². The maximum atomic E-state index is 14.5. The molecule has 42 heavy (non-hydrogen) atoms. The molecule has 1 saturated carbocycles. The summed E-state index contributed by atoms with van der Waals surface area (Å²) < 4.78 is 39.2. The molecule has 0 saturated heterocycles. The van der Waals surface area contributed by atoms with Gasteiger partial charge in [0.05, 0.1) is 11.4 Å². The summed E-state index contributed by atoms with van der Waals surface area (Å²) in [5, 5.41) is 10.0. The van der Waals surface area contributed by atoms with E-state index in [9.17, 15) is 28.0 Å². The molecule has 0 spiro atoms. The summed E-state index contributed by atoms with van der Waals surface area (Å²) in [4.78, 5) is 49.4. The molecule has 0 aromatic heterocycles. The van der Waals surface area contributed by atoms with Crippen LogP contribution >= 0.6 is 0 Å². The first-order valence-corrected chi connectivity index (χ1v) is 13.7. The van der Waals surface area contributed by atoms with Crippen LogP contribution in [-0.2, 0) is 19.1 Å². The Balaban J connectivity index is 1.48. The summed E-state index contributed by atoms with van der Waals surface area (Å²) >= 11 is 0. The number of halogens is 2. The molecule has 1 aliphatic rings. The highest BCUT2D eigenvalue weighted by Crippen LogP contribution is 2.31. The summed E-state index contributed by atoms with van der Waals surface area (Å²) in [5.74, 6) is -2.79. The average molecular weight is 589 g/mol. The maximum Gasteiger partial charge on any atom is 0.412 e. The van der Waals surface area contributed by atoms with Crippen molar-refractivity contribution < 1.29 is 37.4 Å². The van der Waals surface area contributed by atoms with Gasteiger partial charge in [-0.25, -0.2) is 18.4 Å². The number of carbonyl (C=O) groups excluding carboxylic acids is 4. The Morgan fingerprint density at radius 2 is 0.952 bits per heavy atom. The normalized spacial score (nSPS) is 17.0. The minimum atomic E-state index is -0.795. The van der Waals surface area contributed by atoms with Crippen LogP contribution in [0.25, 0.3) is 0 Å². The lowest BCUT2D eigenvalue weighted by molar-refractivity contribution is -0.125. The fourth-order valence-corrected chi connectivity index (χ4v) is 4.32. The van der Waals surface area contributed by atoms with Gasteiger partial charge in [0.2, 0.25) is 11.8 Å². The minimum absolute atomic E-state index is 0.0809. The molecule has 0 atom stereocenters. The van der Waals surface area contributed by atoms with E-state index in [1.165, 1.54) is 24.3 Å². The highest BCUT2D eigenvalue weighted by molar-refractivity contribution is 5.95. The summed E-state index contributed by atoms with van der Waals surface area (Å²) in [6, 6.07) is 7.83. The van der Waals surface area contributed by atoms with Gasteiger partial charge in [-0.05, 0) is 104 Å². The monoisotopic (exact) mass is 588 g/mol. The topological polar surface area (TPSA) is 135 Å². The van der Waals surface area contributed by atoms with Crippen molar-refractivity contribution in [1.29, 1.82) is 0 Å². The van der Waals surface area contributed by atoms with Crippen LogP contribution in [0.3, 0.4) is 0 Å². The zero-order valence-electron chi connectivity index (χ0n) is 24.7. The Hall–Kier alpha value is -4.22. The van der Waals surface area contributed by atoms with Crippen LogP contribution in [-0.4, -0.2) is 35.2 Å². The summed E-state index contributed by atoms with van der Waals surface area (Å²) in [6.45, 7) is 10.1. The van der Waals surface area contributed by atoms with Gasteiger partial charge in [0, 0.05) is 23.2 Å². The van der Waals surface area contributed by atoms with Crippen LogP contribution in [0.1, 0.15) is 67.2 Å². The predicted octanol–water partition coefficient (Wildman–Crippen LogP) is 7.04. The average Bonchev–Trinajstić information content (AvgIpc) is 2.85. The molecule has 0 bridgehead atoms. The fraction of sp³-hybridized carbons (Fsp3) is 0.467. The molecular formula is C30H38F2N4O6. The van der Waals surface area contributed by atoms with Crippen molar-refractivity contribution in [3.8, 4) is 0 Å². The van der Waals surface area contributed by atoms with Crippen molar-refractivity contribution in [2.24, 2.45) is 11.8 Å². The van der Waals surface area contributed by atoms with Gasteiger partial charge < -0.3 is 20.1 Å². The van der Waals surface area contributed by atoms with Crippen LogP contribution < -0.4 is 21.3 Å². The SMILES string of the molecule is CC(C)(C)OC(=O)Nc1ccc(NC(=O)C2CCC(C(=O)Nc3ccc(NC(=O)OC(C)(C)C)c(F)c3)CC2)cc1F. The third-order valence-electron chi connectivity index (χ3n) is 6.21. The predicted molar refractivity (Wildman–Crippen MR) is 155 cm³/mol. The number of nitrogens with one attached hydrogen (secondary N) is 4. The first-order valence-electron chi connectivity index (χ1n) is 13.7. The van der Waals surface area contributed by atoms with Crippen LogP contribution in [0.4, 0.5) is 41.1 Å². The van der Waals surface area contributed by atoms with Crippen molar-refractivity contribution in [3.05, 3.63) is 48.0 Å². The van der Waals surface area contributed by atoms with E-state index in [1.54, 1.807) is 41.5 Å². The molecule has 228 valence electrons. The van der Waals surface area contributed by atoms with E-state index in [0.29, 0.717) is 25.7 Å². The number of hydrogen-bond acceptors (Lipinski definition) is 6. The van der Waals surface area contributed by atoms with E-state index in [0.717, 1.165) is 12.1 Å². The third-order valence-corrected chi connectivity index (χ3v) is 6.21. The molecular weight excluding hydrogens is 550 g/mol. The van der Waals surface area contributed by atoms with Gasteiger partial charge in [-0.2, -0.15) is 0 Å². The molecule has 4 N–H and O–H groups in total. The lowest BCUT2D eigenvalue weighted by Gasteiger charge is -2.27. The third kappa shape index (κ3) is 10.0. The quantitative estimate of drug-likeness (QED) is 0.286. The standard InChI is InChI=1S/C30H38F2N4O6/c1-29(2,3)41-27(39)35-23-13-11-19(15-21(23)31)33-25(37)17-7-9-18(10-8-17)26(38)34-20-12-14-24(22(32)16-20)36-28(40)42-30(4,5)6/h11-18H,7-10H2,1-6H3,(H,33,37)(H,34,38)(H,35,39)(H,36,40). The highest BCUT2D eigenvalue weighted by Gasteiger charge is 2.30.